The third-order valence-corrected chi connectivity index (χ3v) is 4.72. The molecule has 0 unspecified atom stereocenters. The van der Waals surface area contributed by atoms with E-state index in [9.17, 15) is 17.6 Å². The molecule has 0 aliphatic carbocycles. The largest absolute Gasteiger partial charge is 0.465 e. The molecule has 0 N–H and O–H groups in total. The average Bonchev–Trinajstić information content (AvgIpc) is 2.36. The van der Waals surface area contributed by atoms with Crippen LogP contribution in [0.5, 0.6) is 0 Å². The molecular formula is C13H18FNO4S. The van der Waals surface area contributed by atoms with Gasteiger partial charge in [-0.2, -0.15) is 0 Å². The van der Waals surface area contributed by atoms with E-state index in [0.717, 1.165) is 16.4 Å². The van der Waals surface area contributed by atoms with Crippen molar-refractivity contribution in [2.45, 2.75) is 24.7 Å². The Labute approximate surface area is 118 Å². The zero-order valence-corrected chi connectivity index (χ0v) is 12.9. The molecule has 0 heterocycles. The first-order valence-electron chi connectivity index (χ1n) is 5.97. The van der Waals surface area contributed by atoms with Crippen molar-refractivity contribution in [3.8, 4) is 0 Å². The van der Waals surface area contributed by atoms with Crippen LogP contribution < -0.4 is 0 Å². The van der Waals surface area contributed by atoms with E-state index in [2.05, 4.69) is 4.74 Å². The molecule has 7 heteroatoms. The minimum atomic E-state index is -3.96. The van der Waals surface area contributed by atoms with Gasteiger partial charge in [0.2, 0.25) is 10.0 Å². The molecule has 1 aromatic carbocycles. The average molecular weight is 303 g/mol. The summed E-state index contributed by atoms with van der Waals surface area (Å²) in [4.78, 5) is 11.2. The number of hydrogen-bond acceptors (Lipinski definition) is 4. The number of nitrogens with zero attached hydrogens (tertiary/aromatic N) is 1. The molecule has 0 saturated carbocycles. The maximum atomic E-state index is 14.1. The second kappa shape index (κ2) is 5.88. The molecule has 20 heavy (non-hydrogen) atoms. The highest BCUT2D eigenvalue weighted by atomic mass is 32.2. The maximum absolute atomic E-state index is 14.1. The van der Waals surface area contributed by atoms with Crippen molar-refractivity contribution in [2.24, 2.45) is 0 Å². The lowest BCUT2D eigenvalue weighted by molar-refractivity contribution is 0.0598. The fourth-order valence-electron chi connectivity index (χ4n) is 1.73. The smallest absolute Gasteiger partial charge is 0.338 e. The predicted molar refractivity (Wildman–Crippen MR) is 72.7 cm³/mol. The molecule has 0 aliphatic rings. The first kappa shape index (κ1) is 16.6. The SMILES string of the molecule is COC(=O)c1cc(S(=O)(=O)N(C)C)c(F)cc1C(C)C. The van der Waals surface area contributed by atoms with Crippen molar-refractivity contribution in [3.05, 3.63) is 29.1 Å². The van der Waals surface area contributed by atoms with Crippen molar-refractivity contribution < 1.29 is 22.3 Å². The molecule has 0 radical (unpaired) electrons. The first-order valence-corrected chi connectivity index (χ1v) is 7.41. The summed E-state index contributed by atoms with van der Waals surface area (Å²) in [6.45, 7) is 3.56. The van der Waals surface area contributed by atoms with E-state index in [4.69, 9.17) is 0 Å². The number of carbonyl (C=O) groups is 1. The molecule has 5 nitrogen and oxygen atoms in total. The molecule has 1 aromatic rings. The summed E-state index contributed by atoms with van der Waals surface area (Å²) < 4.78 is 43.6. The van der Waals surface area contributed by atoms with Crippen LogP contribution in [0, 0.1) is 5.82 Å². The summed E-state index contributed by atoms with van der Waals surface area (Å²) >= 11 is 0. The lowest BCUT2D eigenvalue weighted by Gasteiger charge is -2.16. The number of esters is 1. The van der Waals surface area contributed by atoms with Gasteiger partial charge in [-0.3, -0.25) is 0 Å². The Morgan fingerprint density at radius 1 is 1.30 bits per heavy atom. The van der Waals surface area contributed by atoms with Crippen molar-refractivity contribution in [3.63, 3.8) is 0 Å². The number of halogens is 1. The second-order valence-corrected chi connectivity index (χ2v) is 6.92. The lowest BCUT2D eigenvalue weighted by atomic mass is 9.97. The van der Waals surface area contributed by atoms with Crippen LogP contribution in [-0.4, -0.2) is 39.9 Å². The Bertz CT molecular complexity index is 624. The molecular weight excluding hydrogens is 285 g/mol. The Hall–Kier alpha value is -1.47. The highest BCUT2D eigenvalue weighted by Gasteiger charge is 2.26. The summed E-state index contributed by atoms with van der Waals surface area (Å²) in [6, 6.07) is 2.11. The molecule has 0 aliphatic heterocycles. The minimum absolute atomic E-state index is 0.0596. The van der Waals surface area contributed by atoms with E-state index in [1.807, 2.05) is 0 Å². The molecule has 0 aromatic heterocycles. The van der Waals surface area contributed by atoms with Gasteiger partial charge in [0, 0.05) is 14.1 Å². The summed E-state index contributed by atoms with van der Waals surface area (Å²) in [5.74, 6) is -1.71. The minimum Gasteiger partial charge on any atom is -0.465 e. The van der Waals surface area contributed by atoms with Gasteiger partial charge in [0.25, 0.3) is 0 Å². The van der Waals surface area contributed by atoms with Crippen LogP contribution in [-0.2, 0) is 14.8 Å². The highest BCUT2D eigenvalue weighted by Crippen LogP contribution is 2.27. The van der Waals surface area contributed by atoms with E-state index in [-0.39, 0.29) is 11.5 Å². The van der Waals surface area contributed by atoms with Crippen molar-refractivity contribution in [2.75, 3.05) is 21.2 Å². The standard InChI is InChI=1S/C13H18FNO4S/c1-8(2)9-6-11(14)12(20(17,18)15(3)4)7-10(9)13(16)19-5/h6-8H,1-5H3. The molecule has 0 spiro atoms. The first-order chi connectivity index (χ1) is 9.12. The normalized spacial score (nSPS) is 12.0. The van der Waals surface area contributed by atoms with Gasteiger partial charge in [0.15, 0.2) is 0 Å². The van der Waals surface area contributed by atoms with Crippen LogP contribution in [0.4, 0.5) is 4.39 Å². The summed E-state index contributed by atoms with van der Waals surface area (Å²) in [5.41, 5.74) is 0.469. The molecule has 0 bridgehead atoms. The van der Waals surface area contributed by atoms with Gasteiger partial charge in [0.05, 0.1) is 12.7 Å². The molecule has 0 amide bonds. The Balaban J connectivity index is 3.64. The van der Waals surface area contributed by atoms with Gasteiger partial charge in [0.1, 0.15) is 10.7 Å². The molecule has 1 rings (SSSR count). The van der Waals surface area contributed by atoms with Gasteiger partial charge >= 0.3 is 5.97 Å². The Morgan fingerprint density at radius 3 is 2.25 bits per heavy atom. The van der Waals surface area contributed by atoms with Crippen LogP contribution in [0.2, 0.25) is 0 Å². The third kappa shape index (κ3) is 2.99. The number of hydrogen-bond donors (Lipinski definition) is 0. The van der Waals surface area contributed by atoms with Crippen molar-refractivity contribution in [1.82, 2.24) is 4.31 Å². The van der Waals surface area contributed by atoms with Crippen molar-refractivity contribution in [1.29, 1.82) is 0 Å². The molecule has 0 atom stereocenters. The van der Waals surface area contributed by atoms with E-state index in [1.165, 1.54) is 21.2 Å². The Kier molecular flexibility index (Phi) is 4.88. The van der Waals surface area contributed by atoms with Gasteiger partial charge < -0.3 is 4.74 Å². The van der Waals surface area contributed by atoms with Crippen LogP contribution in [0.25, 0.3) is 0 Å². The number of benzene rings is 1. The molecule has 112 valence electrons. The van der Waals surface area contributed by atoms with Gasteiger partial charge in [-0.1, -0.05) is 13.8 Å². The van der Waals surface area contributed by atoms with Gasteiger partial charge in [-0.05, 0) is 23.6 Å². The number of rotatable bonds is 4. The number of methoxy groups -OCH3 is 1. The lowest BCUT2D eigenvalue weighted by Crippen LogP contribution is -2.24. The van der Waals surface area contributed by atoms with E-state index in [0.29, 0.717) is 5.56 Å². The number of carbonyl (C=O) groups excluding carboxylic acids is 1. The molecule has 0 fully saturated rings. The zero-order chi connectivity index (χ0) is 15.7. The quantitative estimate of drug-likeness (QED) is 0.798. The maximum Gasteiger partial charge on any atom is 0.338 e. The second-order valence-electron chi connectivity index (χ2n) is 4.80. The van der Waals surface area contributed by atoms with Gasteiger partial charge in [-0.25, -0.2) is 21.9 Å². The van der Waals surface area contributed by atoms with Crippen molar-refractivity contribution >= 4 is 16.0 Å². The fraction of sp³-hybridized carbons (Fsp3) is 0.462. The number of ether oxygens (including phenoxy) is 1. The van der Waals surface area contributed by atoms with Crippen LogP contribution in [0.1, 0.15) is 35.7 Å². The summed E-state index contributed by atoms with van der Waals surface area (Å²) in [5, 5.41) is 0. The van der Waals surface area contributed by atoms with Crippen LogP contribution in [0.15, 0.2) is 17.0 Å². The zero-order valence-electron chi connectivity index (χ0n) is 12.1. The van der Waals surface area contributed by atoms with E-state index >= 15 is 0 Å². The fourth-order valence-corrected chi connectivity index (χ4v) is 2.69. The van der Waals surface area contributed by atoms with E-state index in [1.54, 1.807) is 13.8 Å². The summed E-state index contributed by atoms with van der Waals surface area (Å²) in [6.07, 6.45) is 0. The van der Waals surface area contributed by atoms with Crippen LogP contribution in [0.3, 0.4) is 0 Å². The van der Waals surface area contributed by atoms with Gasteiger partial charge in [-0.15, -0.1) is 0 Å². The van der Waals surface area contributed by atoms with Crippen LogP contribution >= 0.6 is 0 Å². The number of sulfonamides is 1. The summed E-state index contributed by atoms with van der Waals surface area (Å²) in [7, 11) is -0.184. The van der Waals surface area contributed by atoms with E-state index < -0.39 is 26.7 Å². The topological polar surface area (TPSA) is 63.7 Å². The third-order valence-electron chi connectivity index (χ3n) is 2.89. The highest BCUT2D eigenvalue weighted by molar-refractivity contribution is 7.89. The Morgan fingerprint density at radius 2 is 1.85 bits per heavy atom. The monoisotopic (exact) mass is 303 g/mol. The predicted octanol–water partition coefficient (Wildman–Crippen LogP) is 1.99. The molecule has 0 saturated heterocycles.